The summed E-state index contributed by atoms with van der Waals surface area (Å²) in [6.07, 6.45) is 0. The van der Waals surface area contributed by atoms with Gasteiger partial charge in [-0.15, -0.1) is 11.3 Å². The van der Waals surface area contributed by atoms with Gasteiger partial charge in [0, 0.05) is 30.1 Å². The van der Waals surface area contributed by atoms with E-state index in [-0.39, 0.29) is 17.3 Å². The number of carbonyl (C=O) groups is 1. The lowest BCUT2D eigenvalue weighted by atomic mass is 10.1. The summed E-state index contributed by atoms with van der Waals surface area (Å²) in [4.78, 5) is 26.9. The summed E-state index contributed by atoms with van der Waals surface area (Å²) in [6, 6.07) is 8.86. The molecule has 138 valence electrons. The molecule has 1 saturated heterocycles. The van der Waals surface area contributed by atoms with Gasteiger partial charge in [-0.05, 0) is 24.4 Å². The fourth-order valence-electron chi connectivity index (χ4n) is 3.15. The normalized spacial score (nSPS) is 16.2. The van der Waals surface area contributed by atoms with Crippen LogP contribution in [-0.4, -0.2) is 48.6 Å². The van der Waals surface area contributed by atoms with Crippen LogP contribution in [-0.2, 0) is 4.74 Å². The third kappa shape index (κ3) is 4.09. The second-order valence-corrected chi connectivity index (χ2v) is 7.10. The maximum Gasteiger partial charge on any atom is 0.285 e. The monoisotopic (exact) mass is 375 g/mol. The molecule has 1 fully saturated rings. The van der Waals surface area contributed by atoms with Crippen molar-refractivity contribution in [2.24, 2.45) is 0 Å². The van der Waals surface area contributed by atoms with E-state index in [2.05, 4.69) is 10.2 Å². The minimum atomic E-state index is -0.497. The van der Waals surface area contributed by atoms with Crippen LogP contribution in [0.25, 0.3) is 0 Å². The van der Waals surface area contributed by atoms with Crippen molar-refractivity contribution in [3.63, 3.8) is 0 Å². The van der Waals surface area contributed by atoms with E-state index in [0.717, 1.165) is 18.0 Å². The Morgan fingerprint density at radius 1 is 1.35 bits per heavy atom. The fourth-order valence-corrected chi connectivity index (χ4v) is 4.01. The third-order valence-corrected chi connectivity index (χ3v) is 5.45. The zero-order valence-electron chi connectivity index (χ0n) is 14.5. The minimum absolute atomic E-state index is 0.0340. The number of nitrogens with one attached hydrogen (secondary N) is 1. The topological polar surface area (TPSA) is 84.7 Å². The van der Waals surface area contributed by atoms with Gasteiger partial charge in [0.05, 0.1) is 24.2 Å². The molecule has 0 aliphatic carbocycles. The molecule has 8 heteroatoms. The van der Waals surface area contributed by atoms with E-state index in [9.17, 15) is 14.9 Å². The Balaban J connectivity index is 1.76. The molecule has 0 radical (unpaired) electrons. The standard InChI is InChI=1S/C18H21N3O4S/c1-13-4-2-5-14(17(13)21(23)24)18(22)19-12-15(16-6-3-11-26-16)20-7-9-25-10-8-20/h2-6,11,15H,7-10,12H2,1H3,(H,19,22). The molecule has 1 aromatic carbocycles. The van der Waals surface area contributed by atoms with Gasteiger partial charge >= 0.3 is 0 Å². The number of rotatable bonds is 6. The Bertz CT molecular complexity index is 773. The fraction of sp³-hybridized carbons (Fsp3) is 0.389. The Morgan fingerprint density at radius 2 is 2.12 bits per heavy atom. The van der Waals surface area contributed by atoms with E-state index in [1.54, 1.807) is 30.4 Å². The van der Waals surface area contributed by atoms with Crippen LogP contribution in [0.4, 0.5) is 5.69 Å². The smallest absolute Gasteiger partial charge is 0.285 e. The minimum Gasteiger partial charge on any atom is -0.379 e. The molecule has 7 nitrogen and oxygen atoms in total. The van der Waals surface area contributed by atoms with Gasteiger partial charge in [0.1, 0.15) is 5.56 Å². The molecule has 0 saturated carbocycles. The average molecular weight is 375 g/mol. The number of benzene rings is 1. The third-order valence-electron chi connectivity index (χ3n) is 4.48. The molecular formula is C18H21N3O4S. The quantitative estimate of drug-likeness (QED) is 0.620. The zero-order valence-corrected chi connectivity index (χ0v) is 15.3. The Hall–Kier alpha value is -2.29. The molecule has 26 heavy (non-hydrogen) atoms. The molecule has 1 aromatic heterocycles. The summed E-state index contributed by atoms with van der Waals surface area (Å²) in [5.74, 6) is -0.421. The van der Waals surface area contributed by atoms with Crippen molar-refractivity contribution >= 4 is 22.9 Å². The first-order chi connectivity index (χ1) is 12.6. The number of ether oxygens (including phenoxy) is 1. The number of nitro groups is 1. The first-order valence-electron chi connectivity index (χ1n) is 8.45. The average Bonchev–Trinajstić information content (AvgIpc) is 3.16. The van der Waals surface area contributed by atoms with E-state index in [1.807, 2.05) is 17.5 Å². The predicted octanol–water partition coefficient (Wildman–Crippen LogP) is 2.77. The molecule has 1 aliphatic heterocycles. The number of aryl methyl sites for hydroxylation is 1. The van der Waals surface area contributed by atoms with Crippen molar-refractivity contribution in [3.8, 4) is 0 Å². The lowest BCUT2D eigenvalue weighted by Crippen LogP contribution is -2.43. The first kappa shape index (κ1) is 18.5. The van der Waals surface area contributed by atoms with Crippen molar-refractivity contribution in [2.75, 3.05) is 32.8 Å². The van der Waals surface area contributed by atoms with Crippen LogP contribution < -0.4 is 5.32 Å². The van der Waals surface area contributed by atoms with Gasteiger partial charge in [-0.2, -0.15) is 0 Å². The molecule has 2 aromatic rings. The number of para-hydroxylation sites is 1. The Labute approximate surface area is 155 Å². The van der Waals surface area contributed by atoms with Crippen LogP contribution >= 0.6 is 11.3 Å². The van der Waals surface area contributed by atoms with Crippen LogP contribution in [0.5, 0.6) is 0 Å². The van der Waals surface area contributed by atoms with E-state index in [1.165, 1.54) is 6.07 Å². The van der Waals surface area contributed by atoms with Gasteiger partial charge in [0.25, 0.3) is 11.6 Å². The van der Waals surface area contributed by atoms with Gasteiger partial charge in [0.15, 0.2) is 0 Å². The molecule has 1 amide bonds. The SMILES string of the molecule is Cc1cccc(C(=O)NCC(c2cccs2)N2CCOCC2)c1[N+](=O)[O-]. The highest BCUT2D eigenvalue weighted by molar-refractivity contribution is 7.10. The van der Waals surface area contributed by atoms with Crippen LogP contribution in [0.1, 0.15) is 26.8 Å². The Kier molecular flexibility index (Phi) is 5.97. The maximum atomic E-state index is 12.6. The predicted molar refractivity (Wildman–Crippen MR) is 99.6 cm³/mol. The van der Waals surface area contributed by atoms with Crippen LogP contribution in [0.2, 0.25) is 0 Å². The van der Waals surface area contributed by atoms with Crippen molar-refractivity contribution in [2.45, 2.75) is 13.0 Å². The lowest BCUT2D eigenvalue weighted by molar-refractivity contribution is -0.385. The summed E-state index contributed by atoms with van der Waals surface area (Å²) in [5, 5.41) is 16.2. The van der Waals surface area contributed by atoms with Crippen LogP contribution in [0, 0.1) is 17.0 Å². The van der Waals surface area contributed by atoms with Crippen LogP contribution in [0.15, 0.2) is 35.7 Å². The van der Waals surface area contributed by atoms with Gasteiger partial charge in [0.2, 0.25) is 0 Å². The molecule has 2 heterocycles. The number of amides is 1. The number of hydrogen-bond donors (Lipinski definition) is 1. The number of morpholine rings is 1. The van der Waals surface area contributed by atoms with Gasteiger partial charge in [-0.3, -0.25) is 19.8 Å². The van der Waals surface area contributed by atoms with E-state index in [0.29, 0.717) is 25.3 Å². The summed E-state index contributed by atoms with van der Waals surface area (Å²) >= 11 is 1.64. The number of thiophene rings is 1. The maximum absolute atomic E-state index is 12.6. The van der Waals surface area contributed by atoms with Gasteiger partial charge in [-0.25, -0.2) is 0 Å². The second kappa shape index (κ2) is 8.39. The highest BCUT2D eigenvalue weighted by Gasteiger charge is 2.26. The van der Waals surface area contributed by atoms with Crippen LogP contribution in [0.3, 0.4) is 0 Å². The number of nitrogens with zero attached hydrogens (tertiary/aromatic N) is 2. The lowest BCUT2D eigenvalue weighted by Gasteiger charge is -2.34. The molecule has 1 atom stereocenters. The molecule has 0 bridgehead atoms. The highest BCUT2D eigenvalue weighted by atomic mass is 32.1. The molecule has 0 spiro atoms. The van der Waals surface area contributed by atoms with Gasteiger partial charge < -0.3 is 10.1 Å². The number of nitro benzene ring substituents is 1. The second-order valence-electron chi connectivity index (χ2n) is 6.12. The highest BCUT2D eigenvalue weighted by Crippen LogP contribution is 2.26. The molecule has 1 aliphatic rings. The summed E-state index contributed by atoms with van der Waals surface area (Å²) in [5.41, 5.74) is 0.441. The van der Waals surface area contributed by atoms with E-state index >= 15 is 0 Å². The van der Waals surface area contributed by atoms with Crippen molar-refractivity contribution in [3.05, 3.63) is 61.8 Å². The molecule has 1 N–H and O–H groups in total. The van der Waals surface area contributed by atoms with Crippen molar-refractivity contribution in [1.29, 1.82) is 0 Å². The molecule has 3 rings (SSSR count). The first-order valence-corrected chi connectivity index (χ1v) is 9.33. The van der Waals surface area contributed by atoms with Gasteiger partial charge in [-0.1, -0.05) is 18.2 Å². The molecular weight excluding hydrogens is 354 g/mol. The largest absolute Gasteiger partial charge is 0.379 e. The van der Waals surface area contributed by atoms with E-state index in [4.69, 9.17) is 4.74 Å². The molecule has 1 unspecified atom stereocenters. The van der Waals surface area contributed by atoms with E-state index < -0.39 is 10.8 Å². The summed E-state index contributed by atoms with van der Waals surface area (Å²) in [6.45, 7) is 4.95. The van der Waals surface area contributed by atoms with Crippen molar-refractivity contribution < 1.29 is 14.5 Å². The van der Waals surface area contributed by atoms with Crippen molar-refractivity contribution in [1.82, 2.24) is 10.2 Å². The Morgan fingerprint density at radius 3 is 2.77 bits per heavy atom. The zero-order chi connectivity index (χ0) is 18.5. The summed E-state index contributed by atoms with van der Waals surface area (Å²) in [7, 11) is 0. The number of hydrogen-bond acceptors (Lipinski definition) is 6. The summed E-state index contributed by atoms with van der Waals surface area (Å²) < 4.78 is 5.42. The number of carbonyl (C=O) groups excluding carboxylic acids is 1.